The molecule has 0 aliphatic rings. The Bertz CT molecular complexity index is 658. The van der Waals surface area contributed by atoms with Crippen molar-refractivity contribution in [3.05, 3.63) is 17.7 Å². The molecule has 0 heterocycles. The summed E-state index contributed by atoms with van der Waals surface area (Å²) in [6.45, 7) is 5.01. The lowest BCUT2D eigenvalue weighted by atomic mass is 10.0. The SMILES string of the molecule is CCCCCCCCCCCCCOc1c(CCCCCCCCCC)ccc(OC(=O)O)c1O. The Kier molecular flexibility index (Phi) is 19.0. The van der Waals surface area contributed by atoms with Crippen molar-refractivity contribution < 1.29 is 24.5 Å². The third kappa shape index (κ3) is 15.6. The lowest BCUT2D eigenvalue weighted by Crippen LogP contribution is -2.06. The number of phenols is 1. The molecule has 5 heteroatoms. The van der Waals surface area contributed by atoms with E-state index in [1.54, 1.807) is 0 Å². The van der Waals surface area contributed by atoms with E-state index in [4.69, 9.17) is 14.6 Å². The number of carbonyl (C=O) groups is 1. The van der Waals surface area contributed by atoms with Gasteiger partial charge in [-0.25, -0.2) is 4.79 Å². The van der Waals surface area contributed by atoms with Gasteiger partial charge in [-0.1, -0.05) is 129 Å². The molecule has 0 saturated carbocycles. The fraction of sp³-hybridized carbons (Fsp3) is 0.767. The zero-order chi connectivity index (χ0) is 25.6. The van der Waals surface area contributed by atoms with Crippen LogP contribution in [0.5, 0.6) is 17.2 Å². The summed E-state index contributed by atoms with van der Waals surface area (Å²) in [4.78, 5) is 11.0. The third-order valence-electron chi connectivity index (χ3n) is 6.67. The van der Waals surface area contributed by atoms with E-state index in [-0.39, 0.29) is 11.5 Å². The zero-order valence-corrected chi connectivity index (χ0v) is 22.6. The molecule has 0 spiro atoms. The highest BCUT2D eigenvalue weighted by Crippen LogP contribution is 2.40. The van der Waals surface area contributed by atoms with Crippen molar-refractivity contribution in [3.63, 3.8) is 0 Å². The molecular weight excluding hydrogens is 440 g/mol. The normalized spacial score (nSPS) is 11.0. The predicted molar refractivity (Wildman–Crippen MR) is 145 cm³/mol. The summed E-state index contributed by atoms with van der Waals surface area (Å²) >= 11 is 0. The molecule has 0 unspecified atom stereocenters. The van der Waals surface area contributed by atoms with Gasteiger partial charge in [-0.3, -0.25) is 0 Å². The first-order chi connectivity index (χ1) is 17.1. The van der Waals surface area contributed by atoms with E-state index < -0.39 is 6.16 Å². The number of unbranched alkanes of at least 4 members (excludes halogenated alkanes) is 17. The van der Waals surface area contributed by atoms with Gasteiger partial charge in [-0.15, -0.1) is 0 Å². The zero-order valence-electron chi connectivity index (χ0n) is 22.6. The molecule has 0 radical (unpaired) electrons. The molecule has 0 aliphatic heterocycles. The Hall–Kier alpha value is -1.91. The van der Waals surface area contributed by atoms with E-state index in [0.29, 0.717) is 12.4 Å². The van der Waals surface area contributed by atoms with Crippen LogP contribution in [-0.4, -0.2) is 23.0 Å². The van der Waals surface area contributed by atoms with E-state index in [0.717, 1.165) is 37.7 Å². The number of hydrogen-bond donors (Lipinski definition) is 2. The van der Waals surface area contributed by atoms with Gasteiger partial charge in [-0.05, 0) is 30.9 Å². The van der Waals surface area contributed by atoms with Crippen LogP contribution in [0.4, 0.5) is 4.79 Å². The predicted octanol–water partition coefficient (Wildman–Crippen LogP) is 9.82. The summed E-state index contributed by atoms with van der Waals surface area (Å²) in [5, 5.41) is 19.5. The molecular formula is C30H52O5. The molecule has 0 amide bonds. The lowest BCUT2D eigenvalue weighted by molar-refractivity contribution is 0.142. The highest BCUT2D eigenvalue weighted by Gasteiger charge is 2.17. The van der Waals surface area contributed by atoms with Crippen molar-refractivity contribution in [2.45, 2.75) is 142 Å². The quantitative estimate of drug-likeness (QED) is 0.0903. The maximum Gasteiger partial charge on any atom is 0.511 e. The lowest BCUT2D eigenvalue weighted by Gasteiger charge is -2.15. The monoisotopic (exact) mass is 492 g/mol. The number of ether oxygens (including phenoxy) is 2. The van der Waals surface area contributed by atoms with Crippen LogP contribution < -0.4 is 9.47 Å². The molecule has 35 heavy (non-hydrogen) atoms. The van der Waals surface area contributed by atoms with Gasteiger partial charge in [0.15, 0.2) is 11.5 Å². The van der Waals surface area contributed by atoms with Crippen molar-refractivity contribution in [1.82, 2.24) is 0 Å². The van der Waals surface area contributed by atoms with E-state index in [1.165, 1.54) is 102 Å². The van der Waals surface area contributed by atoms with Gasteiger partial charge in [0.05, 0.1) is 6.61 Å². The minimum Gasteiger partial charge on any atom is -0.502 e. The van der Waals surface area contributed by atoms with E-state index in [9.17, 15) is 9.90 Å². The number of phenolic OH excluding ortho intramolecular Hbond substituents is 1. The highest BCUT2D eigenvalue weighted by molar-refractivity contribution is 5.65. The Labute approximate surface area is 214 Å². The van der Waals surface area contributed by atoms with Crippen LogP contribution in [-0.2, 0) is 6.42 Å². The van der Waals surface area contributed by atoms with Gasteiger partial charge in [0.2, 0.25) is 5.75 Å². The number of carboxylic acid groups (broad SMARTS) is 1. The average molecular weight is 493 g/mol. The molecule has 2 N–H and O–H groups in total. The molecule has 0 aliphatic carbocycles. The highest BCUT2D eigenvalue weighted by atomic mass is 16.7. The molecule has 0 fully saturated rings. The summed E-state index contributed by atoms with van der Waals surface area (Å²) in [6, 6.07) is 3.35. The summed E-state index contributed by atoms with van der Waals surface area (Å²) in [7, 11) is 0. The molecule has 202 valence electrons. The van der Waals surface area contributed by atoms with E-state index in [2.05, 4.69) is 13.8 Å². The summed E-state index contributed by atoms with van der Waals surface area (Å²) in [5.74, 6) is 0.123. The van der Waals surface area contributed by atoms with Crippen molar-refractivity contribution >= 4 is 6.16 Å². The summed E-state index contributed by atoms with van der Waals surface area (Å²) in [5.41, 5.74) is 0.925. The topological polar surface area (TPSA) is 76.0 Å². The van der Waals surface area contributed by atoms with Gasteiger partial charge in [-0.2, -0.15) is 0 Å². The molecule has 1 aromatic carbocycles. The minimum absolute atomic E-state index is 0.0638. The summed E-state index contributed by atoms with van der Waals surface area (Å²) < 4.78 is 10.7. The Morgan fingerprint density at radius 1 is 0.686 bits per heavy atom. The van der Waals surface area contributed by atoms with Crippen LogP contribution in [0.15, 0.2) is 12.1 Å². The molecule has 0 atom stereocenters. The standard InChI is InChI=1S/C30H52O5/c1-3-5-7-9-11-13-14-15-17-19-21-25-34-29-26(22-20-18-16-12-10-8-6-4-2)23-24-27(28(29)31)35-30(32)33/h23-24,31H,3-22,25H2,1-2H3,(H,32,33). The second-order valence-electron chi connectivity index (χ2n) is 9.88. The van der Waals surface area contributed by atoms with Crippen LogP contribution in [0.3, 0.4) is 0 Å². The van der Waals surface area contributed by atoms with Crippen molar-refractivity contribution in [1.29, 1.82) is 0 Å². The van der Waals surface area contributed by atoms with Crippen molar-refractivity contribution in [3.8, 4) is 17.2 Å². The van der Waals surface area contributed by atoms with Crippen LogP contribution in [0.1, 0.15) is 141 Å². The molecule has 1 aromatic rings. The summed E-state index contributed by atoms with van der Waals surface area (Å²) in [6.07, 6.45) is 23.2. The van der Waals surface area contributed by atoms with E-state index in [1.807, 2.05) is 6.07 Å². The number of hydrogen-bond acceptors (Lipinski definition) is 4. The number of aromatic hydroxyl groups is 1. The molecule has 0 aromatic heterocycles. The van der Waals surface area contributed by atoms with Crippen LogP contribution in [0, 0.1) is 0 Å². The van der Waals surface area contributed by atoms with Crippen molar-refractivity contribution in [2.75, 3.05) is 6.61 Å². The first kappa shape index (κ1) is 31.1. The number of aryl methyl sites for hydroxylation is 1. The number of benzene rings is 1. The first-order valence-electron chi connectivity index (χ1n) is 14.5. The average Bonchev–Trinajstić information content (AvgIpc) is 2.84. The first-order valence-corrected chi connectivity index (χ1v) is 14.5. The number of rotatable bonds is 23. The van der Waals surface area contributed by atoms with Crippen molar-refractivity contribution in [2.24, 2.45) is 0 Å². The fourth-order valence-electron chi connectivity index (χ4n) is 4.52. The molecule has 0 bridgehead atoms. The molecule has 5 nitrogen and oxygen atoms in total. The van der Waals surface area contributed by atoms with Gasteiger partial charge in [0.25, 0.3) is 0 Å². The van der Waals surface area contributed by atoms with Crippen LogP contribution in [0.25, 0.3) is 0 Å². The third-order valence-corrected chi connectivity index (χ3v) is 6.67. The maximum absolute atomic E-state index is 11.0. The Morgan fingerprint density at radius 2 is 1.14 bits per heavy atom. The van der Waals surface area contributed by atoms with Crippen LogP contribution >= 0.6 is 0 Å². The Morgan fingerprint density at radius 3 is 1.63 bits per heavy atom. The van der Waals surface area contributed by atoms with Gasteiger partial charge >= 0.3 is 6.16 Å². The second-order valence-corrected chi connectivity index (χ2v) is 9.88. The largest absolute Gasteiger partial charge is 0.511 e. The fourth-order valence-corrected chi connectivity index (χ4v) is 4.52. The van der Waals surface area contributed by atoms with Gasteiger partial charge in [0, 0.05) is 0 Å². The smallest absolute Gasteiger partial charge is 0.502 e. The maximum atomic E-state index is 11.0. The van der Waals surface area contributed by atoms with Gasteiger partial charge < -0.3 is 19.7 Å². The van der Waals surface area contributed by atoms with Gasteiger partial charge in [0.1, 0.15) is 0 Å². The Balaban J connectivity index is 2.38. The molecule has 1 rings (SSSR count). The molecule has 0 saturated heterocycles. The second kappa shape index (κ2) is 21.4. The minimum atomic E-state index is -1.44. The van der Waals surface area contributed by atoms with E-state index >= 15 is 0 Å². The van der Waals surface area contributed by atoms with Crippen LogP contribution in [0.2, 0.25) is 0 Å².